The van der Waals surface area contributed by atoms with Crippen molar-refractivity contribution in [2.45, 2.75) is 0 Å². The van der Waals surface area contributed by atoms with Crippen molar-refractivity contribution in [3.05, 3.63) is 66.2 Å². The lowest BCUT2D eigenvalue weighted by Gasteiger charge is -2.03. The first-order chi connectivity index (χ1) is 9.45. The predicted molar refractivity (Wildman–Crippen MR) is 64.1 cm³/mol. The molecular formula is C13H11ClN2O4. The van der Waals surface area contributed by atoms with Gasteiger partial charge in [-0.1, -0.05) is 48.5 Å². The van der Waals surface area contributed by atoms with Crippen molar-refractivity contribution in [2.24, 2.45) is 5.10 Å². The Balaban J connectivity index is 0.000000257. The fraction of sp³-hybridized carbons (Fsp3) is 0. The maximum Gasteiger partial charge on any atom is 0.181 e. The molecule has 1 aliphatic rings. The van der Waals surface area contributed by atoms with Crippen molar-refractivity contribution in [1.82, 2.24) is 0 Å². The minimum Gasteiger partial charge on any atom is -0.211 e. The number of hydrogen-bond donors (Lipinski definition) is 1. The maximum atomic E-state index is 8.60. The van der Waals surface area contributed by atoms with E-state index in [0.717, 1.165) is 11.5 Å². The third-order valence-corrected chi connectivity index (χ3v) is 2.39. The van der Waals surface area contributed by atoms with E-state index in [4.69, 9.17) is 18.6 Å². The molecule has 0 saturated heterocycles. The van der Waals surface area contributed by atoms with Crippen molar-refractivity contribution in [1.29, 1.82) is 0 Å². The largest absolute Gasteiger partial charge is 0.211 e. The van der Waals surface area contributed by atoms with Gasteiger partial charge in [-0.05, 0) is 12.1 Å². The molecule has 0 atom stereocenters. The lowest BCUT2D eigenvalue weighted by Crippen LogP contribution is -2.58. The highest BCUT2D eigenvalue weighted by Gasteiger charge is 2.26. The Morgan fingerprint density at radius 3 is 1.80 bits per heavy atom. The molecule has 2 aromatic rings. The van der Waals surface area contributed by atoms with E-state index in [1.807, 2.05) is 41.4 Å². The Morgan fingerprint density at radius 1 is 0.850 bits per heavy atom. The second-order valence-electron chi connectivity index (χ2n) is 3.83. The Kier molecular flexibility index (Phi) is 4.33. The van der Waals surface area contributed by atoms with Crippen LogP contribution in [0.1, 0.15) is 5.56 Å². The second-order valence-corrected chi connectivity index (χ2v) is 4.62. The summed E-state index contributed by atoms with van der Waals surface area (Å²) in [5.74, 6) is 1.04. The van der Waals surface area contributed by atoms with Gasteiger partial charge in [0, 0.05) is 5.56 Å². The van der Waals surface area contributed by atoms with Crippen molar-refractivity contribution in [3.8, 4) is 0 Å². The Morgan fingerprint density at radius 2 is 1.30 bits per heavy atom. The minimum absolute atomic E-state index is 1.04. The summed E-state index contributed by atoms with van der Waals surface area (Å²) >= 11 is 0. The molecule has 0 fully saturated rings. The van der Waals surface area contributed by atoms with Crippen LogP contribution in [0.3, 0.4) is 0 Å². The summed E-state index contributed by atoms with van der Waals surface area (Å²) in [6, 6.07) is 20.4. The zero-order valence-electron chi connectivity index (χ0n) is 10.2. The highest BCUT2D eigenvalue weighted by Crippen LogP contribution is 2.26. The van der Waals surface area contributed by atoms with Gasteiger partial charge in [-0.25, -0.2) is 5.01 Å². The van der Waals surface area contributed by atoms with Crippen LogP contribution in [0.2, 0.25) is 0 Å². The molecule has 0 amide bonds. The predicted octanol–water partition coefficient (Wildman–Crippen LogP) is -1.26. The number of para-hydroxylation sites is 1. The lowest BCUT2D eigenvalue weighted by molar-refractivity contribution is -1.92. The van der Waals surface area contributed by atoms with Crippen molar-refractivity contribution < 1.29 is 28.9 Å². The number of benzene rings is 2. The van der Waals surface area contributed by atoms with E-state index in [-0.39, 0.29) is 0 Å². The number of hydrogen-bond acceptors (Lipinski definition) is 6. The van der Waals surface area contributed by atoms with Crippen LogP contribution in [-0.4, -0.2) is 10.5 Å². The molecule has 3 rings (SSSR count). The van der Waals surface area contributed by atoms with Gasteiger partial charge < -0.3 is 0 Å². The van der Waals surface area contributed by atoms with E-state index in [1.54, 1.807) is 0 Å². The van der Waals surface area contributed by atoms with Crippen molar-refractivity contribution in [3.63, 3.8) is 0 Å². The first kappa shape index (κ1) is 14.4. The molecule has 6 nitrogen and oxygen atoms in total. The van der Waals surface area contributed by atoms with Gasteiger partial charge in [-0.3, -0.25) is 0 Å². The first-order valence-electron chi connectivity index (χ1n) is 5.57. The Labute approximate surface area is 117 Å². The molecule has 0 radical (unpaired) electrons. The van der Waals surface area contributed by atoms with E-state index >= 15 is 0 Å². The summed E-state index contributed by atoms with van der Waals surface area (Å²) in [6.45, 7) is 0. The van der Waals surface area contributed by atoms with E-state index in [9.17, 15) is 0 Å². The zero-order valence-corrected chi connectivity index (χ0v) is 11.0. The average molecular weight is 295 g/mol. The molecule has 7 heteroatoms. The molecule has 0 spiro atoms. The average Bonchev–Trinajstić information content (AvgIpc) is 3.19. The number of anilines is 1. The Hall–Kier alpha value is -1.96. The third kappa shape index (κ3) is 4.61. The fourth-order valence-corrected chi connectivity index (χ4v) is 1.59. The summed E-state index contributed by atoms with van der Waals surface area (Å²) in [6.07, 6.45) is 0. The first-order valence-corrected chi connectivity index (χ1v) is 6.84. The third-order valence-electron chi connectivity index (χ3n) is 2.39. The maximum absolute atomic E-state index is 8.60. The summed E-state index contributed by atoms with van der Waals surface area (Å²) < 4.78 is 32.7. The van der Waals surface area contributed by atoms with E-state index in [1.165, 1.54) is 5.56 Å². The molecule has 0 aliphatic carbocycles. The van der Waals surface area contributed by atoms with Crippen LogP contribution in [0.5, 0.6) is 0 Å². The van der Waals surface area contributed by atoms with Crippen LogP contribution in [-0.2, 0) is 0 Å². The van der Waals surface area contributed by atoms with Gasteiger partial charge in [0.05, 0.1) is 20.6 Å². The quantitative estimate of drug-likeness (QED) is 0.745. The number of hydrazone groups is 1. The molecule has 20 heavy (non-hydrogen) atoms. The minimum atomic E-state index is -4.69. The van der Waals surface area contributed by atoms with Gasteiger partial charge in [0.15, 0.2) is 5.84 Å². The fourth-order valence-electron chi connectivity index (χ4n) is 1.59. The number of rotatable bonds is 2. The summed E-state index contributed by atoms with van der Waals surface area (Å²) in [5.41, 5.74) is 2.29. The topological polar surface area (TPSA) is 105 Å². The smallest absolute Gasteiger partial charge is 0.181 e. The van der Waals surface area contributed by atoms with Crippen LogP contribution in [0.25, 0.3) is 0 Å². The van der Waals surface area contributed by atoms with Gasteiger partial charge in [-0.2, -0.15) is 14.0 Å². The summed E-state index contributed by atoms with van der Waals surface area (Å²) in [7, 11) is -4.69. The van der Waals surface area contributed by atoms with Crippen LogP contribution in [0.15, 0.2) is 65.8 Å². The second kappa shape index (κ2) is 6.00. The standard InChI is InChI=1S/C13H10N2.ClHO4/c1-3-7-11(8-4-1)13-14-15(13)12-9-5-2-6-10-12;2-1(3,4)5/h1-10H;(H,2,3,4,5). The number of amidine groups is 1. The molecule has 1 N–H and O–H groups in total. The van der Waals surface area contributed by atoms with Crippen LogP contribution in [0, 0.1) is 10.2 Å². The number of nitrogens with zero attached hydrogens (tertiary/aromatic N) is 2. The molecule has 0 saturated carbocycles. The van der Waals surface area contributed by atoms with E-state index in [2.05, 4.69) is 29.4 Å². The van der Waals surface area contributed by atoms with Crippen molar-refractivity contribution >= 4 is 11.5 Å². The van der Waals surface area contributed by atoms with Gasteiger partial charge in [-0.15, -0.1) is 5.10 Å². The molecule has 0 bridgehead atoms. The molecule has 2 aromatic carbocycles. The van der Waals surface area contributed by atoms with Gasteiger partial charge in [0.25, 0.3) is 0 Å². The molecular weight excluding hydrogens is 284 g/mol. The molecule has 104 valence electrons. The number of halogens is 1. The van der Waals surface area contributed by atoms with Gasteiger partial charge in [0.2, 0.25) is 0 Å². The summed E-state index contributed by atoms with van der Waals surface area (Å²) in [5, 5.41) is 6.30. The Bertz CT molecular complexity index is 578. The van der Waals surface area contributed by atoms with Gasteiger partial charge in [0.1, 0.15) is 0 Å². The highest BCUT2D eigenvalue weighted by atomic mass is 35.7. The highest BCUT2D eigenvalue weighted by molar-refractivity contribution is 6.18. The molecule has 1 heterocycles. The molecule has 0 unspecified atom stereocenters. The monoisotopic (exact) mass is 294 g/mol. The zero-order chi connectivity index (χ0) is 14.6. The molecule has 0 aromatic heterocycles. The van der Waals surface area contributed by atoms with Crippen LogP contribution < -0.4 is 19.0 Å². The van der Waals surface area contributed by atoms with E-state index < -0.39 is 10.2 Å². The SMILES string of the molecule is [O-][Cl+3]([O-])([O-])O.c1ccc(C2=NN2c2ccccc2)cc1. The van der Waals surface area contributed by atoms with Crippen LogP contribution in [0.4, 0.5) is 5.69 Å². The van der Waals surface area contributed by atoms with Crippen LogP contribution >= 0.6 is 0 Å². The van der Waals surface area contributed by atoms with Crippen molar-refractivity contribution in [2.75, 3.05) is 5.01 Å². The lowest BCUT2D eigenvalue weighted by atomic mass is 10.2. The normalized spacial score (nSPS) is 13.2. The summed E-state index contributed by atoms with van der Waals surface area (Å²) in [4.78, 5) is 0. The molecule has 1 aliphatic heterocycles. The van der Waals surface area contributed by atoms with Gasteiger partial charge >= 0.3 is 0 Å². The van der Waals surface area contributed by atoms with E-state index in [0.29, 0.717) is 0 Å².